The van der Waals surface area contributed by atoms with Gasteiger partial charge in [-0.3, -0.25) is 0 Å². The van der Waals surface area contributed by atoms with Gasteiger partial charge in [0.05, 0.1) is 0 Å². The Morgan fingerprint density at radius 1 is 0.885 bits per heavy atom. The zero-order valence-electron chi connectivity index (χ0n) is 17.7. The van der Waals surface area contributed by atoms with Gasteiger partial charge in [-0.2, -0.15) is 4.57 Å². The molecular weight excluding hydrogens is 318 g/mol. The molecule has 0 saturated carbocycles. The lowest BCUT2D eigenvalue weighted by atomic mass is 9.97. The molecule has 0 atom stereocenters. The van der Waals surface area contributed by atoms with Gasteiger partial charge in [0.2, 0.25) is 5.58 Å². The summed E-state index contributed by atoms with van der Waals surface area (Å²) in [5, 5.41) is 4.49. The van der Waals surface area contributed by atoms with E-state index < -0.39 is 6.85 Å². The van der Waals surface area contributed by atoms with Crippen LogP contribution in [0.2, 0.25) is 0 Å². The third-order valence-corrected chi connectivity index (χ3v) is 5.15. The highest BCUT2D eigenvalue weighted by Crippen LogP contribution is 2.39. The normalized spacial score (nSPS) is 13.8. The van der Waals surface area contributed by atoms with E-state index in [1.54, 1.807) is 12.1 Å². The molecule has 126 valence electrons. The van der Waals surface area contributed by atoms with E-state index in [4.69, 9.17) is 8.53 Å². The number of aromatic nitrogens is 1. The fraction of sp³-hybridized carbons (Fsp3) is 0.125. The fourth-order valence-corrected chi connectivity index (χ4v) is 3.96. The van der Waals surface area contributed by atoms with Gasteiger partial charge in [-0.25, -0.2) is 0 Å². The first kappa shape index (κ1) is 12.3. The minimum atomic E-state index is -2.13. The van der Waals surface area contributed by atoms with Gasteiger partial charge in [0.15, 0.2) is 11.9 Å². The smallest absolute Gasteiger partial charge is 0.258 e. The number of fused-ring (bicyclic) bond motifs is 5. The van der Waals surface area contributed by atoms with Crippen LogP contribution in [0.1, 0.15) is 20.9 Å². The van der Waals surface area contributed by atoms with Crippen molar-refractivity contribution < 1.29 is 13.1 Å². The molecule has 2 heteroatoms. The molecule has 0 aliphatic carbocycles. The minimum absolute atomic E-state index is 0.338. The second-order valence-electron chi connectivity index (χ2n) is 6.75. The lowest BCUT2D eigenvalue weighted by Crippen LogP contribution is -2.35. The first-order valence-electron chi connectivity index (χ1n) is 10.2. The van der Waals surface area contributed by atoms with Crippen LogP contribution in [-0.4, -0.2) is 0 Å². The van der Waals surface area contributed by atoms with Gasteiger partial charge < -0.3 is 4.42 Å². The molecule has 0 saturated heterocycles. The van der Waals surface area contributed by atoms with Crippen LogP contribution in [0.4, 0.5) is 0 Å². The Kier molecular flexibility index (Phi) is 2.56. The number of benzene rings is 3. The maximum absolute atomic E-state index is 7.70. The SMILES string of the molecule is [2H]C([2H])([2H])c1cc[n+](-c2c(C)c3ccccc3c3c2oc2ccccc23)c(C)c1. The first-order valence-corrected chi connectivity index (χ1v) is 8.72. The number of hydrogen-bond acceptors (Lipinski definition) is 1. The Morgan fingerprint density at radius 3 is 2.38 bits per heavy atom. The Balaban J connectivity index is 1.95. The van der Waals surface area contributed by atoms with Crippen molar-refractivity contribution >= 4 is 32.7 Å². The number of rotatable bonds is 1. The number of para-hydroxylation sites is 1. The van der Waals surface area contributed by atoms with Crippen molar-refractivity contribution in [1.29, 1.82) is 0 Å². The second kappa shape index (κ2) is 5.43. The zero-order chi connectivity index (χ0) is 20.3. The van der Waals surface area contributed by atoms with E-state index in [-0.39, 0.29) is 0 Å². The van der Waals surface area contributed by atoms with Crippen LogP contribution in [0.25, 0.3) is 38.4 Å². The molecule has 0 spiro atoms. The van der Waals surface area contributed by atoms with Crippen LogP contribution >= 0.6 is 0 Å². The highest BCUT2D eigenvalue weighted by Gasteiger charge is 2.25. The van der Waals surface area contributed by atoms with Crippen LogP contribution in [0.15, 0.2) is 71.3 Å². The summed E-state index contributed by atoms with van der Waals surface area (Å²) in [7, 11) is 0. The predicted octanol–water partition coefficient (Wildman–Crippen LogP) is 5.94. The molecule has 0 radical (unpaired) electrons. The summed E-state index contributed by atoms with van der Waals surface area (Å²) in [4.78, 5) is 0. The topological polar surface area (TPSA) is 17.0 Å². The van der Waals surface area contributed by atoms with Crippen LogP contribution in [0.5, 0.6) is 0 Å². The van der Waals surface area contributed by atoms with E-state index in [0.717, 1.165) is 49.7 Å². The zero-order valence-corrected chi connectivity index (χ0v) is 14.7. The minimum Gasteiger partial charge on any atom is -0.449 e. The average molecular weight is 341 g/mol. The van der Waals surface area contributed by atoms with Crippen LogP contribution in [-0.2, 0) is 0 Å². The lowest BCUT2D eigenvalue weighted by molar-refractivity contribution is -0.601. The van der Waals surface area contributed by atoms with Gasteiger partial charge in [-0.05, 0) is 36.2 Å². The van der Waals surface area contributed by atoms with Crippen molar-refractivity contribution in [3.8, 4) is 5.69 Å². The number of aryl methyl sites for hydroxylation is 3. The Morgan fingerprint density at radius 2 is 1.62 bits per heavy atom. The largest absolute Gasteiger partial charge is 0.449 e. The van der Waals surface area contributed by atoms with Gasteiger partial charge in [-0.1, -0.05) is 42.5 Å². The summed E-state index contributed by atoms with van der Waals surface area (Å²) in [5.41, 5.74) is 4.89. The van der Waals surface area contributed by atoms with Crippen molar-refractivity contribution in [3.05, 3.63) is 83.7 Å². The van der Waals surface area contributed by atoms with Crippen molar-refractivity contribution in [2.45, 2.75) is 20.7 Å². The highest BCUT2D eigenvalue weighted by molar-refractivity contribution is 6.21. The molecule has 2 heterocycles. The maximum Gasteiger partial charge on any atom is 0.258 e. The molecule has 0 N–H and O–H groups in total. The fourth-order valence-electron chi connectivity index (χ4n) is 3.96. The lowest BCUT2D eigenvalue weighted by Gasteiger charge is -2.09. The summed E-state index contributed by atoms with van der Waals surface area (Å²) in [5.74, 6) is 0. The standard InChI is InChI=1S/C24H20NO/c1-15-12-13-25(16(2)14-15)23-17(3)18-8-4-5-9-19(18)22-20-10-6-7-11-21(20)26-24(22)23/h4-14H,1-3H3/q+1/i1D3. The molecule has 2 aromatic heterocycles. The monoisotopic (exact) mass is 341 g/mol. The van der Waals surface area contributed by atoms with E-state index in [1.807, 2.05) is 48.0 Å². The molecule has 5 rings (SSSR count). The molecule has 0 amide bonds. The van der Waals surface area contributed by atoms with E-state index in [2.05, 4.69) is 25.1 Å². The number of pyridine rings is 1. The second-order valence-corrected chi connectivity index (χ2v) is 6.75. The van der Waals surface area contributed by atoms with E-state index in [1.165, 1.54) is 0 Å². The first-order chi connectivity index (χ1) is 13.9. The van der Waals surface area contributed by atoms with Crippen molar-refractivity contribution in [3.63, 3.8) is 0 Å². The predicted molar refractivity (Wildman–Crippen MR) is 107 cm³/mol. The highest BCUT2D eigenvalue weighted by atomic mass is 16.3. The summed E-state index contributed by atoms with van der Waals surface area (Å²) < 4.78 is 31.5. The molecule has 26 heavy (non-hydrogen) atoms. The summed E-state index contributed by atoms with van der Waals surface area (Å²) in [6, 6.07) is 19.8. The van der Waals surface area contributed by atoms with E-state index in [9.17, 15) is 0 Å². The third-order valence-electron chi connectivity index (χ3n) is 5.15. The molecule has 2 nitrogen and oxygen atoms in total. The van der Waals surface area contributed by atoms with Crippen LogP contribution < -0.4 is 4.57 Å². The van der Waals surface area contributed by atoms with Gasteiger partial charge in [0.1, 0.15) is 5.58 Å². The molecule has 0 aliphatic heterocycles. The van der Waals surface area contributed by atoms with Crippen molar-refractivity contribution in [2.24, 2.45) is 0 Å². The van der Waals surface area contributed by atoms with E-state index in [0.29, 0.717) is 5.56 Å². The molecule has 5 aromatic rings. The van der Waals surface area contributed by atoms with Gasteiger partial charge in [0, 0.05) is 39.5 Å². The quantitative estimate of drug-likeness (QED) is 0.345. The average Bonchev–Trinajstić information content (AvgIpc) is 3.07. The van der Waals surface area contributed by atoms with Crippen molar-refractivity contribution in [1.82, 2.24) is 0 Å². The van der Waals surface area contributed by atoms with Crippen LogP contribution in [0.3, 0.4) is 0 Å². The maximum atomic E-state index is 7.70. The van der Waals surface area contributed by atoms with Gasteiger partial charge in [-0.15, -0.1) is 0 Å². The Labute approximate surface area is 156 Å². The van der Waals surface area contributed by atoms with Crippen LogP contribution in [0, 0.1) is 20.7 Å². The van der Waals surface area contributed by atoms with Crippen molar-refractivity contribution in [2.75, 3.05) is 0 Å². The third kappa shape index (κ3) is 2.02. The molecule has 0 bridgehead atoms. The summed E-state index contributed by atoms with van der Waals surface area (Å²) in [6.07, 6.45) is 1.83. The molecule has 0 fully saturated rings. The number of furan rings is 1. The van der Waals surface area contributed by atoms with E-state index >= 15 is 0 Å². The summed E-state index contributed by atoms with van der Waals surface area (Å²) in [6.45, 7) is 1.89. The number of hydrogen-bond donors (Lipinski definition) is 0. The van der Waals surface area contributed by atoms with Gasteiger partial charge in [0.25, 0.3) is 5.69 Å². The molecule has 0 aliphatic rings. The van der Waals surface area contributed by atoms with Gasteiger partial charge >= 0.3 is 0 Å². The summed E-state index contributed by atoms with van der Waals surface area (Å²) >= 11 is 0. The molecular formula is C24H20NO+. The Bertz CT molecular complexity index is 1410. The Hall–Kier alpha value is -3.13. The molecule has 0 unspecified atom stereocenters. The molecule has 3 aromatic carbocycles. The number of nitrogens with zero attached hydrogens (tertiary/aromatic N) is 1.